The highest BCUT2D eigenvalue weighted by Crippen LogP contribution is 2.22. The molecular weight excluding hydrogens is 268 g/mol. The van der Waals surface area contributed by atoms with Gasteiger partial charge in [0.15, 0.2) is 0 Å². The molecule has 3 rings (SSSR count). The summed E-state index contributed by atoms with van der Waals surface area (Å²) in [6.07, 6.45) is 0. The molecule has 2 aromatic carbocycles. The lowest BCUT2D eigenvalue weighted by molar-refractivity contribution is 0.0991. The molecule has 0 saturated carbocycles. The van der Waals surface area contributed by atoms with E-state index in [9.17, 15) is 4.79 Å². The Morgan fingerprint density at radius 1 is 1.05 bits per heavy atom. The van der Waals surface area contributed by atoms with Gasteiger partial charge in [0.05, 0.1) is 12.7 Å². The summed E-state index contributed by atoms with van der Waals surface area (Å²) in [5.41, 5.74) is 1.18. The molecule has 0 fully saturated rings. The van der Waals surface area contributed by atoms with Gasteiger partial charge in [-0.1, -0.05) is 47.6 Å². The van der Waals surface area contributed by atoms with Crippen LogP contribution in [0.2, 0.25) is 0 Å². The van der Waals surface area contributed by atoms with Gasteiger partial charge < -0.3 is 9.26 Å². The van der Waals surface area contributed by atoms with Crippen LogP contribution in [0.25, 0.3) is 11.4 Å². The summed E-state index contributed by atoms with van der Waals surface area (Å²) in [6, 6.07) is 16.2. The SMILES string of the molecule is COc1ccccc1C(=O)c1nc(-c2ccccc2)no1. The summed E-state index contributed by atoms with van der Waals surface area (Å²) in [5, 5.41) is 3.84. The molecule has 0 aliphatic rings. The zero-order valence-corrected chi connectivity index (χ0v) is 11.3. The summed E-state index contributed by atoms with van der Waals surface area (Å²) in [7, 11) is 1.51. The molecule has 5 nitrogen and oxygen atoms in total. The first-order valence-corrected chi connectivity index (χ1v) is 6.36. The van der Waals surface area contributed by atoms with Crippen LogP contribution >= 0.6 is 0 Å². The maximum atomic E-state index is 12.4. The molecule has 0 atom stereocenters. The zero-order chi connectivity index (χ0) is 14.7. The number of hydrogen-bond donors (Lipinski definition) is 0. The molecule has 3 aromatic rings. The predicted molar refractivity (Wildman–Crippen MR) is 76.2 cm³/mol. The number of para-hydroxylation sites is 1. The number of carbonyl (C=O) groups excluding carboxylic acids is 1. The third-order valence-corrected chi connectivity index (χ3v) is 3.00. The van der Waals surface area contributed by atoms with Gasteiger partial charge in [-0.25, -0.2) is 0 Å². The Hall–Kier alpha value is -2.95. The van der Waals surface area contributed by atoms with Crippen LogP contribution in [0.4, 0.5) is 0 Å². The second-order valence-electron chi connectivity index (χ2n) is 4.32. The molecule has 0 aliphatic carbocycles. The van der Waals surface area contributed by atoms with E-state index in [1.165, 1.54) is 7.11 Å². The smallest absolute Gasteiger partial charge is 0.299 e. The van der Waals surface area contributed by atoms with E-state index < -0.39 is 0 Å². The Kier molecular flexibility index (Phi) is 3.47. The largest absolute Gasteiger partial charge is 0.496 e. The van der Waals surface area contributed by atoms with Crippen molar-refractivity contribution in [2.24, 2.45) is 0 Å². The molecule has 0 saturated heterocycles. The third kappa shape index (κ3) is 2.53. The molecule has 104 valence electrons. The van der Waals surface area contributed by atoms with Crippen molar-refractivity contribution in [1.82, 2.24) is 10.1 Å². The van der Waals surface area contributed by atoms with Crippen molar-refractivity contribution in [2.75, 3.05) is 7.11 Å². The maximum Gasteiger partial charge on any atom is 0.299 e. The van der Waals surface area contributed by atoms with Gasteiger partial charge in [0, 0.05) is 5.56 Å². The highest BCUT2D eigenvalue weighted by Gasteiger charge is 2.20. The van der Waals surface area contributed by atoms with Gasteiger partial charge in [-0.05, 0) is 12.1 Å². The maximum absolute atomic E-state index is 12.4. The second-order valence-corrected chi connectivity index (χ2v) is 4.32. The Balaban J connectivity index is 1.95. The van der Waals surface area contributed by atoms with Gasteiger partial charge in [0.1, 0.15) is 5.75 Å². The van der Waals surface area contributed by atoms with Gasteiger partial charge in [-0.15, -0.1) is 0 Å². The highest BCUT2D eigenvalue weighted by molar-refractivity contribution is 6.07. The topological polar surface area (TPSA) is 65.2 Å². The van der Waals surface area contributed by atoms with E-state index in [2.05, 4.69) is 10.1 Å². The van der Waals surface area contributed by atoms with Crippen LogP contribution in [0.5, 0.6) is 5.75 Å². The first-order chi connectivity index (χ1) is 10.3. The van der Waals surface area contributed by atoms with E-state index in [1.54, 1.807) is 24.3 Å². The van der Waals surface area contributed by atoms with Crippen molar-refractivity contribution in [3.8, 4) is 17.1 Å². The zero-order valence-electron chi connectivity index (χ0n) is 11.3. The van der Waals surface area contributed by atoms with E-state index in [0.29, 0.717) is 17.1 Å². The molecule has 0 spiro atoms. The molecule has 1 heterocycles. The van der Waals surface area contributed by atoms with Crippen LogP contribution < -0.4 is 4.74 Å². The van der Waals surface area contributed by atoms with E-state index >= 15 is 0 Å². The lowest BCUT2D eigenvalue weighted by atomic mass is 10.1. The summed E-state index contributed by atoms with van der Waals surface area (Å²) < 4.78 is 10.2. The Morgan fingerprint density at radius 3 is 2.52 bits per heavy atom. The number of aromatic nitrogens is 2. The monoisotopic (exact) mass is 280 g/mol. The minimum Gasteiger partial charge on any atom is -0.496 e. The quantitative estimate of drug-likeness (QED) is 0.687. The van der Waals surface area contributed by atoms with Crippen molar-refractivity contribution in [1.29, 1.82) is 0 Å². The second kappa shape index (κ2) is 5.58. The Bertz CT molecular complexity index is 766. The molecular formula is C16H12N2O3. The summed E-state index contributed by atoms with van der Waals surface area (Å²) >= 11 is 0. The van der Waals surface area contributed by atoms with Gasteiger partial charge in [-0.3, -0.25) is 4.79 Å². The van der Waals surface area contributed by atoms with Gasteiger partial charge in [-0.2, -0.15) is 4.98 Å². The van der Waals surface area contributed by atoms with Crippen LogP contribution in [0.1, 0.15) is 16.2 Å². The third-order valence-electron chi connectivity index (χ3n) is 3.00. The molecule has 5 heteroatoms. The van der Waals surface area contributed by atoms with E-state index in [4.69, 9.17) is 9.26 Å². The van der Waals surface area contributed by atoms with Crippen LogP contribution in [-0.4, -0.2) is 23.0 Å². The number of ketones is 1. The van der Waals surface area contributed by atoms with Crippen LogP contribution in [0.3, 0.4) is 0 Å². The van der Waals surface area contributed by atoms with E-state index in [1.807, 2.05) is 30.3 Å². The van der Waals surface area contributed by atoms with Crippen LogP contribution in [0, 0.1) is 0 Å². The fraction of sp³-hybridized carbons (Fsp3) is 0.0625. The lowest BCUT2D eigenvalue weighted by Crippen LogP contribution is -2.04. The minimum atomic E-state index is -0.359. The number of carbonyl (C=O) groups is 1. The molecule has 0 N–H and O–H groups in total. The lowest BCUT2D eigenvalue weighted by Gasteiger charge is -2.03. The molecule has 21 heavy (non-hydrogen) atoms. The first kappa shape index (κ1) is 13.1. The Morgan fingerprint density at radius 2 is 1.76 bits per heavy atom. The molecule has 0 amide bonds. The summed E-state index contributed by atoms with van der Waals surface area (Å²) in [4.78, 5) is 16.5. The average molecular weight is 280 g/mol. The minimum absolute atomic E-state index is 0.0571. The number of ether oxygens (including phenoxy) is 1. The normalized spacial score (nSPS) is 10.3. The molecule has 0 bridgehead atoms. The van der Waals surface area contributed by atoms with Crippen molar-refractivity contribution in [3.63, 3.8) is 0 Å². The van der Waals surface area contributed by atoms with Crippen LogP contribution in [-0.2, 0) is 0 Å². The fourth-order valence-electron chi connectivity index (χ4n) is 1.97. The van der Waals surface area contributed by atoms with Gasteiger partial charge in [0.2, 0.25) is 5.82 Å². The van der Waals surface area contributed by atoms with Crippen molar-refractivity contribution < 1.29 is 14.1 Å². The number of rotatable bonds is 4. The number of benzene rings is 2. The summed E-state index contributed by atoms with van der Waals surface area (Å²) in [6.45, 7) is 0. The van der Waals surface area contributed by atoms with E-state index in [-0.39, 0.29) is 11.7 Å². The molecule has 0 unspecified atom stereocenters. The number of methoxy groups -OCH3 is 1. The van der Waals surface area contributed by atoms with Crippen molar-refractivity contribution in [2.45, 2.75) is 0 Å². The number of nitrogens with zero attached hydrogens (tertiary/aromatic N) is 2. The molecule has 0 radical (unpaired) electrons. The van der Waals surface area contributed by atoms with Crippen LogP contribution in [0.15, 0.2) is 59.1 Å². The van der Waals surface area contributed by atoms with Gasteiger partial charge in [0.25, 0.3) is 11.7 Å². The first-order valence-electron chi connectivity index (χ1n) is 6.36. The van der Waals surface area contributed by atoms with Crippen molar-refractivity contribution >= 4 is 5.78 Å². The predicted octanol–water partition coefficient (Wildman–Crippen LogP) is 2.98. The van der Waals surface area contributed by atoms with E-state index in [0.717, 1.165) is 5.56 Å². The van der Waals surface area contributed by atoms with Gasteiger partial charge >= 0.3 is 0 Å². The van der Waals surface area contributed by atoms with Crippen molar-refractivity contribution in [3.05, 3.63) is 66.1 Å². The molecule has 0 aliphatic heterocycles. The number of hydrogen-bond acceptors (Lipinski definition) is 5. The average Bonchev–Trinajstić information content (AvgIpc) is 3.05. The summed E-state index contributed by atoms with van der Waals surface area (Å²) in [5.74, 6) is 0.441. The highest BCUT2D eigenvalue weighted by atomic mass is 16.5. The Labute approximate surface area is 121 Å². The fourth-order valence-corrected chi connectivity index (χ4v) is 1.97. The standard InChI is InChI=1S/C16H12N2O3/c1-20-13-10-6-5-9-12(13)14(19)16-17-15(18-21-16)11-7-3-2-4-8-11/h2-10H,1H3. The molecule has 1 aromatic heterocycles.